The molecule has 0 unspecified atom stereocenters. The van der Waals surface area contributed by atoms with Gasteiger partial charge in [0.15, 0.2) is 0 Å². The normalized spacial score (nSPS) is 10.7. The highest BCUT2D eigenvalue weighted by Crippen LogP contribution is 2.23. The zero-order valence-electron chi connectivity index (χ0n) is 15.0. The molecular formula is C19H20BrCl2N3O2. The molecule has 2 rings (SSSR count). The van der Waals surface area contributed by atoms with Gasteiger partial charge in [-0.1, -0.05) is 41.4 Å². The molecule has 1 N–H and O–H groups in total. The molecular weight excluding hydrogens is 453 g/mol. The SMILES string of the molecule is CN(CC(=O)N(C)CC(=O)Nc1ccccc1Br)Cc1ccc(Cl)c(Cl)c1. The summed E-state index contributed by atoms with van der Waals surface area (Å²) in [4.78, 5) is 27.8. The van der Waals surface area contributed by atoms with Crippen LogP contribution in [0, 0.1) is 0 Å². The van der Waals surface area contributed by atoms with E-state index in [2.05, 4.69) is 21.2 Å². The summed E-state index contributed by atoms with van der Waals surface area (Å²) in [5.41, 5.74) is 1.62. The van der Waals surface area contributed by atoms with Gasteiger partial charge in [-0.05, 0) is 52.8 Å². The molecule has 0 spiro atoms. The predicted octanol–water partition coefficient (Wildman–Crippen LogP) is 4.28. The molecule has 144 valence electrons. The summed E-state index contributed by atoms with van der Waals surface area (Å²) in [6.07, 6.45) is 0. The molecule has 0 aliphatic rings. The van der Waals surface area contributed by atoms with Crippen molar-refractivity contribution in [2.24, 2.45) is 0 Å². The van der Waals surface area contributed by atoms with Gasteiger partial charge in [-0.3, -0.25) is 14.5 Å². The van der Waals surface area contributed by atoms with Crippen LogP contribution in [0.3, 0.4) is 0 Å². The van der Waals surface area contributed by atoms with Gasteiger partial charge in [-0.15, -0.1) is 0 Å². The number of hydrogen-bond acceptors (Lipinski definition) is 3. The monoisotopic (exact) mass is 471 g/mol. The Labute approximate surface area is 177 Å². The Morgan fingerprint density at radius 1 is 1.04 bits per heavy atom. The van der Waals surface area contributed by atoms with Gasteiger partial charge in [0.05, 0.1) is 28.8 Å². The van der Waals surface area contributed by atoms with Crippen LogP contribution in [0.2, 0.25) is 10.0 Å². The summed E-state index contributed by atoms with van der Waals surface area (Å²) in [5.74, 6) is -0.412. The minimum Gasteiger partial charge on any atom is -0.335 e. The van der Waals surface area contributed by atoms with E-state index >= 15 is 0 Å². The molecule has 5 nitrogen and oxygen atoms in total. The lowest BCUT2D eigenvalue weighted by Crippen LogP contribution is -2.40. The van der Waals surface area contributed by atoms with E-state index in [1.807, 2.05) is 36.2 Å². The van der Waals surface area contributed by atoms with Gasteiger partial charge < -0.3 is 10.2 Å². The topological polar surface area (TPSA) is 52.7 Å². The van der Waals surface area contributed by atoms with Gasteiger partial charge >= 0.3 is 0 Å². The maximum atomic E-state index is 12.4. The van der Waals surface area contributed by atoms with Crippen molar-refractivity contribution in [3.05, 3.63) is 62.5 Å². The Bertz CT molecular complexity index is 832. The van der Waals surface area contributed by atoms with Crippen LogP contribution >= 0.6 is 39.1 Å². The lowest BCUT2D eigenvalue weighted by atomic mass is 10.2. The zero-order chi connectivity index (χ0) is 20.0. The Morgan fingerprint density at radius 2 is 1.74 bits per heavy atom. The Kier molecular flexibility index (Phi) is 8.10. The van der Waals surface area contributed by atoms with E-state index in [9.17, 15) is 9.59 Å². The van der Waals surface area contributed by atoms with Crippen LogP contribution in [0.15, 0.2) is 46.9 Å². The van der Waals surface area contributed by atoms with Crippen LogP contribution in [0.5, 0.6) is 0 Å². The van der Waals surface area contributed by atoms with Gasteiger partial charge in [-0.25, -0.2) is 0 Å². The second-order valence-corrected chi connectivity index (χ2v) is 7.87. The molecule has 27 heavy (non-hydrogen) atoms. The Morgan fingerprint density at radius 3 is 2.41 bits per heavy atom. The molecule has 8 heteroatoms. The lowest BCUT2D eigenvalue weighted by Gasteiger charge is -2.22. The first-order chi connectivity index (χ1) is 12.8. The number of likely N-dealkylation sites (N-methyl/N-ethyl adjacent to an activating group) is 2. The minimum absolute atomic E-state index is 0.0270. The molecule has 0 saturated heterocycles. The van der Waals surface area contributed by atoms with Gasteiger partial charge in [0.25, 0.3) is 0 Å². The molecule has 0 heterocycles. The first-order valence-corrected chi connectivity index (χ1v) is 9.72. The quantitative estimate of drug-likeness (QED) is 0.654. The van der Waals surface area contributed by atoms with Gasteiger partial charge in [0, 0.05) is 18.1 Å². The number of halogens is 3. The third-order valence-electron chi connectivity index (χ3n) is 3.80. The molecule has 0 bridgehead atoms. The molecule has 2 amide bonds. The van der Waals surface area contributed by atoms with Crippen molar-refractivity contribution >= 4 is 56.6 Å². The van der Waals surface area contributed by atoms with E-state index in [0.29, 0.717) is 22.3 Å². The molecule has 0 atom stereocenters. The van der Waals surface area contributed by atoms with Crippen molar-refractivity contribution in [1.29, 1.82) is 0 Å². The third kappa shape index (κ3) is 6.81. The molecule has 2 aromatic rings. The lowest BCUT2D eigenvalue weighted by molar-refractivity contribution is -0.134. The van der Waals surface area contributed by atoms with E-state index in [1.54, 1.807) is 25.2 Å². The summed E-state index contributed by atoms with van der Waals surface area (Å²) in [6.45, 7) is 0.694. The van der Waals surface area contributed by atoms with E-state index in [0.717, 1.165) is 10.0 Å². The van der Waals surface area contributed by atoms with E-state index in [4.69, 9.17) is 23.2 Å². The number of amides is 2. The summed E-state index contributed by atoms with van der Waals surface area (Å²) in [7, 11) is 3.43. The maximum Gasteiger partial charge on any atom is 0.244 e. The van der Waals surface area contributed by atoms with Crippen molar-refractivity contribution in [1.82, 2.24) is 9.80 Å². The Hall–Kier alpha value is -1.60. The standard InChI is InChI=1S/C19H20BrCl2N3O2/c1-24(10-13-7-8-15(21)16(22)9-13)12-19(27)25(2)11-18(26)23-17-6-4-3-5-14(17)20/h3-9H,10-12H2,1-2H3,(H,23,26). The molecule has 0 saturated carbocycles. The minimum atomic E-state index is -0.259. The summed E-state index contributed by atoms with van der Waals surface area (Å²) in [6, 6.07) is 12.7. The molecule has 0 radical (unpaired) electrons. The number of nitrogens with one attached hydrogen (secondary N) is 1. The van der Waals surface area contributed by atoms with Crippen LogP contribution in [0.1, 0.15) is 5.56 Å². The van der Waals surface area contributed by atoms with Crippen molar-refractivity contribution in [2.45, 2.75) is 6.54 Å². The number of para-hydroxylation sites is 1. The van der Waals surface area contributed by atoms with Crippen LogP contribution in [-0.4, -0.2) is 48.8 Å². The van der Waals surface area contributed by atoms with Crippen LogP contribution in [-0.2, 0) is 16.1 Å². The number of hydrogen-bond donors (Lipinski definition) is 1. The third-order valence-corrected chi connectivity index (χ3v) is 5.23. The molecule has 0 aliphatic carbocycles. The highest BCUT2D eigenvalue weighted by atomic mass is 79.9. The van der Waals surface area contributed by atoms with Gasteiger partial charge in [-0.2, -0.15) is 0 Å². The fourth-order valence-corrected chi connectivity index (χ4v) is 3.12. The first kappa shape index (κ1) is 21.7. The number of rotatable bonds is 7. The van der Waals surface area contributed by atoms with Crippen LogP contribution < -0.4 is 5.32 Å². The molecule has 0 fully saturated rings. The van der Waals surface area contributed by atoms with Crippen LogP contribution in [0.25, 0.3) is 0 Å². The van der Waals surface area contributed by atoms with Crippen molar-refractivity contribution in [2.75, 3.05) is 32.5 Å². The number of carbonyl (C=O) groups is 2. The smallest absolute Gasteiger partial charge is 0.244 e. The molecule has 0 aromatic heterocycles. The summed E-state index contributed by atoms with van der Waals surface area (Å²) >= 11 is 15.3. The molecule has 0 aliphatic heterocycles. The number of nitrogens with zero attached hydrogens (tertiary/aromatic N) is 2. The van der Waals surface area contributed by atoms with Crippen molar-refractivity contribution in [3.8, 4) is 0 Å². The maximum absolute atomic E-state index is 12.4. The fraction of sp³-hybridized carbons (Fsp3) is 0.263. The Balaban J connectivity index is 1.84. The zero-order valence-corrected chi connectivity index (χ0v) is 18.1. The second kappa shape index (κ2) is 10.1. The summed E-state index contributed by atoms with van der Waals surface area (Å²) in [5, 5.41) is 3.76. The first-order valence-electron chi connectivity index (χ1n) is 8.17. The average molecular weight is 473 g/mol. The largest absolute Gasteiger partial charge is 0.335 e. The number of carbonyl (C=O) groups excluding carboxylic acids is 2. The van der Waals surface area contributed by atoms with Gasteiger partial charge in [0.2, 0.25) is 11.8 Å². The van der Waals surface area contributed by atoms with E-state index < -0.39 is 0 Å². The van der Waals surface area contributed by atoms with Crippen molar-refractivity contribution < 1.29 is 9.59 Å². The van der Waals surface area contributed by atoms with Crippen molar-refractivity contribution in [3.63, 3.8) is 0 Å². The van der Waals surface area contributed by atoms with E-state index in [-0.39, 0.29) is 24.9 Å². The summed E-state index contributed by atoms with van der Waals surface area (Å²) < 4.78 is 0.786. The van der Waals surface area contributed by atoms with Gasteiger partial charge in [0.1, 0.15) is 0 Å². The average Bonchev–Trinajstić information content (AvgIpc) is 2.60. The number of anilines is 1. The van der Waals surface area contributed by atoms with E-state index in [1.165, 1.54) is 4.90 Å². The molecule has 2 aromatic carbocycles. The highest BCUT2D eigenvalue weighted by Gasteiger charge is 2.16. The highest BCUT2D eigenvalue weighted by molar-refractivity contribution is 9.10. The van der Waals surface area contributed by atoms with Crippen LogP contribution in [0.4, 0.5) is 5.69 Å². The predicted molar refractivity (Wildman–Crippen MR) is 113 cm³/mol. The number of benzene rings is 2. The fourth-order valence-electron chi connectivity index (χ4n) is 2.41. The second-order valence-electron chi connectivity index (χ2n) is 6.20.